The van der Waals surface area contributed by atoms with Crippen molar-refractivity contribution in [3.63, 3.8) is 0 Å². The van der Waals surface area contributed by atoms with Gasteiger partial charge in [-0.2, -0.15) is 0 Å². The van der Waals surface area contributed by atoms with E-state index in [4.69, 9.17) is 15.2 Å². The summed E-state index contributed by atoms with van der Waals surface area (Å²) in [6, 6.07) is 7.86. The third kappa shape index (κ3) is 19.7. The molecular formula is C33H44N8O10S. The molecule has 18 nitrogen and oxygen atoms in total. The number of hydrogen-bond acceptors (Lipinski definition) is 12. The van der Waals surface area contributed by atoms with Crippen molar-refractivity contribution in [1.29, 1.82) is 0 Å². The number of rotatable bonds is 23. The summed E-state index contributed by atoms with van der Waals surface area (Å²) >= 11 is 0. The first-order valence-corrected chi connectivity index (χ1v) is 18.1. The zero-order valence-electron chi connectivity index (χ0n) is 28.8. The number of unbranched alkanes of at least 4 members (excludes halogenated alkanes) is 1. The van der Waals surface area contributed by atoms with Crippen LogP contribution in [0.25, 0.3) is 0 Å². The lowest BCUT2D eigenvalue weighted by Crippen LogP contribution is -2.52. The first-order chi connectivity index (χ1) is 24.8. The molecule has 7 N–H and O–H groups in total. The third-order valence-electron chi connectivity index (χ3n) is 6.58. The highest BCUT2D eigenvalue weighted by atomic mass is 32.2. The van der Waals surface area contributed by atoms with Crippen LogP contribution in [0.5, 0.6) is 0 Å². The van der Waals surface area contributed by atoms with Gasteiger partial charge in [-0.25, -0.2) is 18.4 Å². The Balaban J connectivity index is 1.48. The van der Waals surface area contributed by atoms with Crippen molar-refractivity contribution in [1.82, 2.24) is 36.6 Å². The van der Waals surface area contributed by atoms with Crippen molar-refractivity contribution in [2.24, 2.45) is 5.73 Å². The molecule has 2 rings (SSSR count). The highest BCUT2D eigenvalue weighted by Crippen LogP contribution is 2.04. The van der Waals surface area contributed by atoms with Crippen molar-refractivity contribution in [2.75, 3.05) is 58.9 Å². The van der Waals surface area contributed by atoms with Gasteiger partial charge in [0.1, 0.15) is 6.04 Å². The molecule has 1 aromatic heterocycles. The summed E-state index contributed by atoms with van der Waals surface area (Å²) in [6.45, 7) is -0.112. The Morgan fingerprint density at radius 3 is 2.10 bits per heavy atom. The van der Waals surface area contributed by atoms with E-state index >= 15 is 0 Å². The van der Waals surface area contributed by atoms with Crippen LogP contribution in [0.4, 0.5) is 0 Å². The Hall–Kier alpha value is -5.45. The fourth-order valence-corrected chi connectivity index (χ4v) is 4.51. The first kappa shape index (κ1) is 42.7. The highest BCUT2D eigenvalue weighted by Gasteiger charge is 2.22. The summed E-state index contributed by atoms with van der Waals surface area (Å²) in [5.41, 5.74) is 6.31. The van der Waals surface area contributed by atoms with Crippen LogP contribution in [-0.2, 0) is 54.5 Å². The second-order valence-electron chi connectivity index (χ2n) is 11.1. The van der Waals surface area contributed by atoms with Gasteiger partial charge in [0.05, 0.1) is 51.6 Å². The van der Waals surface area contributed by atoms with Crippen molar-refractivity contribution < 1.29 is 46.7 Å². The van der Waals surface area contributed by atoms with Crippen LogP contribution < -0.4 is 32.3 Å². The van der Waals surface area contributed by atoms with E-state index in [0.717, 1.165) is 11.8 Å². The normalized spacial score (nSPS) is 11.2. The number of nitrogens with two attached hydrogens (primary N) is 1. The van der Waals surface area contributed by atoms with Crippen LogP contribution in [0.1, 0.15) is 36.8 Å². The van der Waals surface area contributed by atoms with Gasteiger partial charge >= 0.3 is 0 Å². The van der Waals surface area contributed by atoms with Gasteiger partial charge in [-0.1, -0.05) is 42.2 Å². The lowest BCUT2D eigenvalue weighted by atomic mass is 10.1. The van der Waals surface area contributed by atoms with E-state index in [2.05, 4.69) is 48.4 Å². The number of sulfone groups is 1. The molecule has 19 heteroatoms. The number of nitrogens with one attached hydrogen (secondary N) is 5. The monoisotopic (exact) mass is 744 g/mol. The van der Waals surface area contributed by atoms with Crippen molar-refractivity contribution in [2.45, 2.75) is 43.3 Å². The predicted molar refractivity (Wildman–Crippen MR) is 185 cm³/mol. The predicted octanol–water partition coefficient (Wildman–Crippen LogP) is -2.50. The quantitative estimate of drug-likeness (QED) is 0.0392. The zero-order chi connectivity index (χ0) is 38.2. The fraction of sp³-hybridized carbons (Fsp3) is 0.455. The molecule has 0 saturated heterocycles. The average molecular weight is 745 g/mol. The Morgan fingerprint density at radius 1 is 0.788 bits per heavy atom. The SMILES string of the molecule is CS(=O)(=O)c1ncc(C#CCCCC(=O)NCCOCCOCCC(=O)NCC(=O)NCC(=O)NC(Cc2ccccc2)C(=O)NCC(N)=O)cn1. The van der Waals surface area contributed by atoms with Crippen molar-refractivity contribution in [3.8, 4) is 11.8 Å². The molecule has 1 aromatic carbocycles. The smallest absolute Gasteiger partial charge is 0.246 e. The summed E-state index contributed by atoms with van der Waals surface area (Å²) in [6.07, 6.45) is 5.07. The van der Waals surface area contributed by atoms with Gasteiger partial charge in [0.25, 0.3) is 0 Å². The van der Waals surface area contributed by atoms with Gasteiger partial charge in [0, 0.05) is 50.9 Å². The summed E-state index contributed by atoms with van der Waals surface area (Å²) in [7, 11) is -3.47. The number of ether oxygens (including phenoxy) is 2. The van der Waals surface area contributed by atoms with Crippen LogP contribution in [0.15, 0.2) is 47.9 Å². The van der Waals surface area contributed by atoms with Gasteiger partial charge < -0.3 is 41.8 Å². The molecule has 1 atom stereocenters. The molecular weight excluding hydrogens is 700 g/mol. The van der Waals surface area contributed by atoms with Crippen molar-refractivity contribution in [3.05, 3.63) is 53.9 Å². The van der Waals surface area contributed by atoms with Gasteiger partial charge in [-0.3, -0.25) is 28.8 Å². The van der Waals surface area contributed by atoms with E-state index in [1.165, 1.54) is 12.4 Å². The van der Waals surface area contributed by atoms with E-state index in [-0.39, 0.29) is 63.3 Å². The minimum Gasteiger partial charge on any atom is -0.379 e. The van der Waals surface area contributed by atoms with E-state index in [1.54, 1.807) is 30.3 Å². The molecule has 2 aromatic rings. The zero-order valence-corrected chi connectivity index (χ0v) is 29.6. The molecule has 1 heterocycles. The van der Waals surface area contributed by atoms with E-state index in [1.807, 2.05) is 0 Å². The summed E-state index contributed by atoms with van der Waals surface area (Å²) in [4.78, 5) is 79.5. The Labute approximate surface area is 301 Å². The Bertz CT molecular complexity index is 1660. The Morgan fingerprint density at radius 2 is 1.42 bits per heavy atom. The van der Waals surface area contributed by atoms with E-state index in [9.17, 15) is 37.2 Å². The number of aromatic nitrogens is 2. The van der Waals surface area contributed by atoms with E-state index < -0.39 is 58.5 Å². The number of hydrogen-bond donors (Lipinski definition) is 6. The molecule has 6 amide bonds. The lowest BCUT2D eigenvalue weighted by molar-refractivity contribution is -0.130. The topological polar surface area (TPSA) is 267 Å². The highest BCUT2D eigenvalue weighted by molar-refractivity contribution is 7.90. The molecule has 0 aliphatic carbocycles. The van der Waals surface area contributed by atoms with Crippen LogP contribution >= 0.6 is 0 Å². The minimum atomic E-state index is -3.47. The molecule has 0 fully saturated rings. The fourth-order valence-electron chi connectivity index (χ4n) is 4.02. The van der Waals surface area contributed by atoms with Crippen LogP contribution in [0.2, 0.25) is 0 Å². The van der Waals surface area contributed by atoms with Crippen LogP contribution in [0, 0.1) is 11.8 Å². The summed E-state index contributed by atoms with van der Waals surface area (Å²) < 4.78 is 33.5. The minimum absolute atomic E-state index is 0.0149. The average Bonchev–Trinajstić information content (AvgIpc) is 3.11. The number of amides is 6. The molecule has 0 aliphatic rings. The second kappa shape index (κ2) is 23.9. The molecule has 0 saturated carbocycles. The maximum atomic E-state index is 12.5. The molecule has 282 valence electrons. The molecule has 0 aliphatic heterocycles. The third-order valence-corrected chi connectivity index (χ3v) is 7.45. The molecule has 0 spiro atoms. The number of primary amides is 1. The van der Waals surface area contributed by atoms with Gasteiger partial charge in [-0.15, -0.1) is 0 Å². The summed E-state index contributed by atoms with van der Waals surface area (Å²) in [5.74, 6) is 2.48. The van der Waals surface area contributed by atoms with Crippen LogP contribution in [-0.4, -0.2) is 119 Å². The largest absolute Gasteiger partial charge is 0.379 e. The van der Waals surface area contributed by atoms with Crippen molar-refractivity contribution >= 4 is 45.3 Å². The van der Waals surface area contributed by atoms with Crippen LogP contribution in [0.3, 0.4) is 0 Å². The van der Waals surface area contributed by atoms with Gasteiger partial charge in [0.2, 0.25) is 50.4 Å². The number of carbonyl (C=O) groups excluding carboxylic acids is 6. The molecule has 0 bridgehead atoms. The number of nitrogens with zero attached hydrogens (tertiary/aromatic N) is 2. The van der Waals surface area contributed by atoms with Gasteiger partial charge in [0.15, 0.2) is 0 Å². The first-order valence-electron chi connectivity index (χ1n) is 16.2. The standard InChI is InChI=1S/C33H44N8O10S/c1-52(48,49)33-39-19-25(20-40-33)10-6-3-7-11-28(43)35-13-15-51-17-16-50-14-12-29(44)36-22-30(45)37-23-31(46)41-26(32(47)38-21-27(34)42)18-24-8-4-2-5-9-24/h2,4-5,8-9,19-20,26H,3,7,11-18,21-23H2,1H3,(H2,34,42)(H,35,43)(H,36,44)(H,37,45)(H,38,47)(H,41,46). The lowest BCUT2D eigenvalue weighted by Gasteiger charge is -2.18. The number of benzene rings is 1. The maximum Gasteiger partial charge on any atom is 0.246 e. The molecule has 0 radical (unpaired) electrons. The second-order valence-corrected chi connectivity index (χ2v) is 13.0. The maximum absolute atomic E-state index is 12.5. The van der Waals surface area contributed by atoms with Gasteiger partial charge in [-0.05, 0) is 12.0 Å². The summed E-state index contributed by atoms with van der Waals surface area (Å²) in [5, 5.41) is 12.1. The molecule has 52 heavy (non-hydrogen) atoms. The number of carbonyl (C=O) groups is 6. The molecule has 1 unspecified atom stereocenters. The van der Waals surface area contributed by atoms with E-state index in [0.29, 0.717) is 24.9 Å². The Kier molecular flexibility index (Phi) is 19.6.